The van der Waals surface area contributed by atoms with Crippen LogP contribution in [0.15, 0.2) is 36.5 Å². The van der Waals surface area contributed by atoms with Gasteiger partial charge in [-0.3, -0.25) is 9.59 Å². The Morgan fingerprint density at radius 2 is 1.96 bits per heavy atom. The molecule has 2 aromatic rings. The van der Waals surface area contributed by atoms with Gasteiger partial charge in [-0.2, -0.15) is 0 Å². The molecule has 28 heavy (non-hydrogen) atoms. The first-order valence-electron chi connectivity index (χ1n) is 8.82. The molecule has 0 radical (unpaired) electrons. The lowest BCUT2D eigenvalue weighted by molar-refractivity contribution is -0.118. The molecule has 1 heterocycles. The molecule has 6 nitrogen and oxygen atoms in total. The zero-order chi connectivity index (χ0) is 20.7. The third-order valence-corrected chi connectivity index (χ3v) is 4.00. The van der Waals surface area contributed by atoms with Gasteiger partial charge in [0.15, 0.2) is 0 Å². The SMILES string of the molecule is Cc1c(CNC(=O)c2ccnc(NC(=O)C(C)C)c2)cccc1OCC(F)F. The number of halogens is 2. The molecule has 8 heteroatoms. The summed E-state index contributed by atoms with van der Waals surface area (Å²) in [4.78, 5) is 28.2. The predicted molar refractivity (Wildman–Crippen MR) is 102 cm³/mol. The lowest BCUT2D eigenvalue weighted by atomic mass is 10.1. The summed E-state index contributed by atoms with van der Waals surface area (Å²) in [5, 5.41) is 5.41. The normalized spacial score (nSPS) is 10.8. The second-order valence-corrected chi connectivity index (χ2v) is 6.50. The molecule has 0 fully saturated rings. The zero-order valence-corrected chi connectivity index (χ0v) is 16.0. The summed E-state index contributed by atoms with van der Waals surface area (Å²) in [7, 11) is 0. The molecule has 1 aromatic carbocycles. The van der Waals surface area contributed by atoms with Gasteiger partial charge in [0.05, 0.1) is 0 Å². The number of alkyl halides is 2. The summed E-state index contributed by atoms with van der Waals surface area (Å²) in [5.41, 5.74) is 1.78. The molecule has 2 rings (SSSR count). The Hall–Kier alpha value is -3.03. The standard InChI is InChI=1S/C20H23F2N3O3/c1-12(2)19(26)25-18-9-14(7-8-23-18)20(27)24-10-15-5-4-6-16(13(15)3)28-11-17(21)22/h4-9,12,17H,10-11H2,1-3H3,(H,24,27)(H,23,25,26). The first-order chi connectivity index (χ1) is 13.3. The highest BCUT2D eigenvalue weighted by atomic mass is 19.3. The van der Waals surface area contributed by atoms with Crippen LogP contribution in [0.1, 0.15) is 35.3 Å². The number of nitrogens with one attached hydrogen (secondary N) is 2. The third kappa shape index (κ3) is 6.00. The first-order valence-corrected chi connectivity index (χ1v) is 8.82. The average Bonchev–Trinajstić information content (AvgIpc) is 2.66. The maximum absolute atomic E-state index is 12.4. The molecule has 1 aromatic heterocycles. The number of carbonyl (C=O) groups is 2. The molecule has 2 N–H and O–H groups in total. The second kappa shape index (κ2) is 9.77. The minimum absolute atomic E-state index is 0.193. The number of hydrogen-bond acceptors (Lipinski definition) is 4. The van der Waals surface area contributed by atoms with Crippen LogP contribution >= 0.6 is 0 Å². The van der Waals surface area contributed by atoms with Crippen molar-refractivity contribution in [3.8, 4) is 5.75 Å². The Morgan fingerprint density at radius 1 is 1.21 bits per heavy atom. The van der Waals surface area contributed by atoms with Crippen LogP contribution in [0.5, 0.6) is 5.75 Å². The van der Waals surface area contributed by atoms with Crippen molar-refractivity contribution in [2.45, 2.75) is 33.7 Å². The van der Waals surface area contributed by atoms with Crippen LogP contribution in [0.3, 0.4) is 0 Å². The largest absolute Gasteiger partial charge is 0.487 e. The van der Waals surface area contributed by atoms with E-state index in [0.29, 0.717) is 22.7 Å². The van der Waals surface area contributed by atoms with Crippen LogP contribution < -0.4 is 15.4 Å². The average molecular weight is 391 g/mol. The Labute approximate surface area is 162 Å². The third-order valence-electron chi connectivity index (χ3n) is 4.00. The van der Waals surface area contributed by atoms with Gasteiger partial charge in [-0.15, -0.1) is 0 Å². The van der Waals surface area contributed by atoms with E-state index in [-0.39, 0.29) is 24.3 Å². The number of nitrogens with zero attached hydrogens (tertiary/aromatic N) is 1. The topological polar surface area (TPSA) is 80.3 Å². The summed E-state index contributed by atoms with van der Waals surface area (Å²) in [6.45, 7) is 4.78. The smallest absolute Gasteiger partial charge is 0.272 e. The number of amides is 2. The molecule has 0 spiro atoms. The summed E-state index contributed by atoms with van der Waals surface area (Å²) >= 11 is 0. The highest BCUT2D eigenvalue weighted by Crippen LogP contribution is 2.22. The number of rotatable bonds is 8. The van der Waals surface area contributed by atoms with Gasteiger partial charge in [0.2, 0.25) is 5.91 Å². The minimum atomic E-state index is -2.56. The van der Waals surface area contributed by atoms with E-state index in [4.69, 9.17) is 4.74 Å². The molecule has 0 saturated heterocycles. The van der Waals surface area contributed by atoms with Gasteiger partial charge < -0.3 is 15.4 Å². The highest BCUT2D eigenvalue weighted by Gasteiger charge is 2.12. The van der Waals surface area contributed by atoms with Crippen molar-refractivity contribution in [3.05, 3.63) is 53.2 Å². The molecule has 150 valence electrons. The Balaban J connectivity index is 2.02. The van der Waals surface area contributed by atoms with Crippen molar-refractivity contribution in [3.63, 3.8) is 0 Å². The minimum Gasteiger partial charge on any atom is -0.487 e. The van der Waals surface area contributed by atoms with E-state index in [1.807, 2.05) is 0 Å². The summed E-state index contributed by atoms with van der Waals surface area (Å²) in [6, 6.07) is 8.10. The molecular weight excluding hydrogens is 368 g/mol. The molecule has 0 aliphatic rings. The van der Waals surface area contributed by atoms with Gasteiger partial charge in [0.25, 0.3) is 12.3 Å². The van der Waals surface area contributed by atoms with Crippen molar-refractivity contribution >= 4 is 17.6 Å². The fourth-order valence-electron chi connectivity index (χ4n) is 2.35. The van der Waals surface area contributed by atoms with Crippen molar-refractivity contribution in [2.75, 3.05) is 11.9 Å². The van der Waals surface area contributed by atoms with Crippen LogP contribution in [-0.2, 0) is 11.3 Å². The quantitative estimate of drug-likeness (QED) is 0.721. The molecule has 0 saturated carbocycles. The predicted octanol–water partition coefficient (Wildman–Crippen LogP) is 3.56. The number of benzene rings is 1. The van der Waals surface area contributed by atoms with Gasteiger partial charge in [-0.05, 0) is 36.2 Å². The zero-order valence-electron chi connectivity index (χ0n) is 16.0. The molecule has 0 aliphatic carbocycles. The Kier molecular flexibility index (Phi) is 7.43. The molecular formula is C20H23F2N3O3. The van der Waals surface area contributed by atoms with Gasteiger partial charge in [-0.1, -0.05) is 26.0 Å². The lowest BCUT2D eigenvalue weighted by Gasteiger charge is -2.13. The van der Waals surface area contributed by atoms with Crippen molar-refractivity contribution in [2.24, 2.45) is 5.92 Å². The van der Waals surface area contributed by atoms with Crippen molar-refractivity contribution < 1.29 is 23.1 Å². The molecule has 2 amide bonds. The van der Waals surface area contributed by atoms with Gasteiger partial charge in [0.1, 0.15) is 18.2 Å². The Morgan fingerprint density at radius 3 is 2.64 bits per heavy atom. The molecule has 0 aliphatic heterocycles. The maximum atomic E-state index is 12.4. The summed E-state index contributed by atoms with van der Waals surface area (Å²) in [6.07, 6.45) is -1.12. The van der Waals surface area contributed by atoms with E-state index in [9.17, 15) is 18.4 Å². The van der Waals surface area contributed by atoms with Crippen LogP contribution in [0.2, 0.25) is 0 Å². The van der Waals surface area contributed by atoms with Crippen LogP contribution in [0.25, 0.3) is 0 Å². The van der Waals surface area contributed by atoms with E-state index < -0.39 is 13.0 Å². The number of ether oxygens (including phenoxy) is 1. The first kappa shape index (κ1) is 21.3. The van der Waals surface area contributed by atoms with Crippen LogP contribution in [-0.4, -0.2) is 29.8 Å². The lowest BCUT2D eigenvalue weighted by Crippen LogP contribution is -2.24. The number of carbonyl (C=O) groups excluding carboxylic acids is 2. The molecule has 0 bridgehead atoms. The van der Waals surface area contributed by atoms with Gasteiger partial charge in [0, 0.05) is 24.2 Å². The fraction of sp³-hybridized carbons (Fsp3) is 0.350. The van der Waals surface area contributed by atoms with Crippen LogP contribution in [0, 0.1) is 12.8 Å². The number of aromatic nitrogens is 1. The van der Waals surface area contributed by atoms with Gasteiger partial charge >= 0.3 is 0 Å². The number of hydrogen-bond donors (Lipinski definition) is 2. The van der Waals surface area contributed by atoms with Crippen molar-refractivity contribution in [1.82, 2.24) is 10.3 Å². The van der Waals surface area contributed by atoms with Crippen LogP contribution in [0.4, 0.5) is 14.6 Å². The maximum Gasteiger partial charge on any atom is 0.272 e. The van der Waals surface area contributed by atoms with Crippen molar-refractivity contribution in [1.29, 1.82) is 0 Å². The van der Waals surface area contributed by atoms with E-state index >= 15 is 0 Å². The van der Waals surface area contributed by atoms with Gasteiger partial charge in [-0.25, -0.2) is 13.8 Å². The molecule has 0 unspecified atom stereocenters. The van der Waals surface area contributed by atoms with E-state index in [2.05, 4.69) is 15.6 Å². The number of anilines is 1. The fourth-order valence-corrected chi connectivity index (χ4v) is 2.35. The highest BCUT2D eigenvalue weighted by molar-refractivity contribution is 5.96. The second-order valence-electron chi connectivity index (χ2n) is 6.50. The summed E-state index contributed by atoms with van der Waals surface area (Å²) < 4.78 is 29.8. The van der Waals surface area contributed by atoms with E-state index in [1.165, 1.54) is 18.3 Å². The monoisotopic (exact) mass is 391 g/mol. The molecule has 0 atom stereocenters. The number of pyridine rings is 1. The Bertz CT molecular complexity index is 841. The van der Waals surface area contributed by atoms with E-state index in [0.717, 1.165) is 5.56 Å². The summed E-state index contributed by atoms with van der Waals surface area (Å²) in [5.74, 6) is -0.0940. The van der Waals surface area contributed by atoms with E-state index in [1.54, 1.807) is 39.0 Å².